The summed E-state index contributed by atoms with van der Waals surface area (Å²) in [6, 6.07) is 3.95. The Balaban J connectivity index is 2.01. The lowest BCUT2D eigenvalue weighted by Crippen LogP contribution is -2.19. The Morgan fingerprint density at radius 1 is 1.39 bits per heavy atom. The Labute approximate surface area is 104 Å². The number of aryl methyl sites for hydroxylation is 1. The molecule has 0 fully saturated rings. The molecule has 2 aromatic rings. The molecular weight excluding hydrogens is 238 g/mol. The lowest BCUT2D eigenvalue weighted by atomic mass is 10.2. The molecule has 0 saturated carbocycles. The molecule has 0 radical (unpaired) electrons. The Morgan fingerprint density at radius 3 is 2.83 bits per heavy atom. The summed E-state index contributed by atoms with van der Waals surface area (Å²) in [5.41, 5.74) is 0.283. The fraction of sp³-hybridized carbons (Fsp3) is 0.308. The minimum atomic E-state index is -0.839. The standard InChI is InChI=1S/C13H14F2N2O/c1-8-6-17-13(18-8)9(2)16-7-10-4-3-5-11(14)12(10)15/h3-6,9,16H,7H2,1-2H3. The van der Waals surface area contributed by atoms with Gasteiger partial charge in [0.15, 0.2) is 11.6 Å². The number of aromatic nitrogens is 1. The number of oxazole rings is 1. The highest BCUT2D eigenvalue weighted by Crippen LogP contribution is 2.15. The molecule has 96 valence electrons. The van der Waals surface area contributed by atoms with Crippen LogP contribution >= 0.6 is 0 Å². The van der Waals surface area contributed by atoms with Gasteiger partial charge in [-0.2, -0.15) is 0 Å². The van der Waals surface area contributed by atoms with Crippen LogP contribution in [0.15, 0.2) is 28.8 Å². The van der Waals surface area contributed by atoms with Crippen molar-refractivity contribution in [3.05, 3.63) is 53.2 Å². The van der Waals surface area contributed by atoms with E-state index in [1.807, 2.05) is 6.92 Å². The maximum atomic E-state index is 13.4. The monoisotopic (exact) mass is 252 g/mol. The van der Waals surface area contributed by atoms with Crippen LogP contribution < -0.4 is 5.32 Å². The van der Waals surface area contributed by atoms with Crippen molar-refractivity contribution in [3.8, 4) is 0 Å². The smallest absolute Gasteiger partial charge is 0.211 e. The summed E-state index contributed by atoms with van der Waals surface area (Å²) in [6.45, 7) is 3.87. The first kappa shape index (κ1) is 12.7. The highest BCUT2D eigenvalue weighted by Gasteiger charge is 2.13. The van der Waals surface area contributed by atoms with E-state index in [0.717, 1.165) is 11.8 Å². The summed E-state index contributed by atoms with van der Waals surface area (Å²) in [7, 11) is 0. The molecule has 1 heterocycles. The fourth-order valence-electron chi connectivity index (χ4n) is 1.61. The summed E-state index contributed by atoms with van der Waals surface area (Å²) < 4.78 is 31.7. The van der Waals surface area contributed by atoms with Gasteiger partial charge in [-0.25, -0.2) is 13.8 Å². The molecule has 0 aliphatic rings. The van der Waals surface area contributed by atoms with Crippen molar-refractivity contribution in [2.75, 3.05) is 0 Å². The highest BCUT2D eigenvalue weighted by molar-refractivity contribution is 5.18. The van der Waals surface area contributed by atoms with Gasteiger partial charge in [0, 0.05) is 12.1 Å². The second-order valence-corrected chi connectivity index (χ2v) is 4.12. The maximum absolute atomic E-state index is 13.4. The molecular formula is C13H14F2N2O. The second-order valence-electron chi connectivity index (χ2n) is 4.12. The lowest BCUT2D eigenvalue weighted by molar-refractivity contribution is 0.398. The van der Waals surface area contributed by atoms with Gasteiger partial charge in [-0.15, -0.1) is 0 Å². The summed E-state index contributed by atoms with van der Waals surface area (Å²) >= 11 is 0. The molecule has 1 aromatic heterocycles. The molecule has 5 heteroatoms. The van der Waals surface area contributed by atoms with Gasteiger partial charge in [0.25, 0.3) is 0 Å². The van der Waals surface area contributed by atoms with Crippen LogP contribution in [0.2, 0.25) is 0 Å². The first-order valence-electron chi connectivity index (χ1n) is 5.66. The van der Waals surface area contributed by atoms with Gasteiger partial charge in [0.1, 0.15) is 5.76 Å². The zero-order valence-electron chi connectivity index (χ0n) is 10.2. The number of nitrogens with zero attached hydrogens (tertiary/aromatic N) is 1. The van der Waals surface area contributed by atoms with E-state index in [9.17, 15) is 8.78 Å². The van der Waals surface area contributed by atoms with Crippen LogP contribution in [0.4, 0.5) is 8.78 Å². The van der Waals surface area contributed by atoms with Crippen LogP contribution in [0.1, 0.15) is 30.2 Å². The van der Waals surface area contributed by atoms with Crippen molar-refractivity contribution in [3.63, 3.8) is 0 Å². The Bertz CT molecular complexity index is 540. The summed E-state index contributed by atoms with van der Waals surface area (Å²) in [5.74, 6) is -0.408. The normalized spacial score (nSPS) is 12.7. The number of rotatable bonds is 4. The second kappa shape index (κ2) is 5.27. The number of hydrogen-bond donors (Lipinski definition) is 1. The van der Waals surface area contributed by atoms with E-state index in [4.69, 9.17) is 4.42 Å². The van der Waals surface area contributed by atoms with Gasteiger partial charge >= 0.3 is 0 Å². The minimum absolute atomic E-state index is 0.165. The molecule has 2 rings (SSSR count). The fourth-order valence-corrected chi connectivity index (χ4v) is 1.61. The van der Waals surface area contributed by atoms with E-state index < -0.39 is 11.6 Å². The Morgan fingerprint density at radius 2 is 2.17 bits per heavy atom. The first-order valence-corrected chi connectivity index (χ1v) is 5.66. The van der Waals surface area contributed by atoms with Crippen LogP contribution in [0.5, 0.6) is 0 Å². The number of nitrogens with one attached hydrogen (secondary N) is 1. The minimum Gasteiger partial charge on any atom is -0.444 e. The van der Waals surface area contributed by atoms with E-state index >= 15 is 0 Å². The molecule has 0 aliphatic heterocycles. The van der Waals surface area contributed by atoms with Crippen LogP contribution in [0.3, 0.4) is 0 Å². The third kappa shape index (κ3) is 2.73. The van der Waals surface area contributed by atoms with Crippen LogP contribution in [-0.4, -0.2) is 4.98 Å². The van der Waals surface area contributed by atoms with Crippen LogP contribution in [0, 0.1) is 18.6 Å². The van der Waals surface area contributed by atoms with E-state index in [1.54, 1.807) is 19.2 Å². The molecule has 1 N–H and O–H groups in total. The van der Waals surface area contributed by atoms with Crippen molar-refractivity contribution >= 4 is 0 Å². The number of halogens is 2. The quantitative estimate of drug-likeness (QED) is 0.908. The average molecular weight is 252 g/mol. The Kier molecular flexibility index (Phi) is 3.72. The van der Waals surface area contributed by atoms with Gasteiger partial charge in [-0.3, -0.25) is 0 Å². The molecule has 1 aromatic carbocycles. The van der Waals surface area contributed by atoms with Crippen molar-refractivity contribution in [1.29, 1.82) is 0 Å². The maximum Gasteiger partial charge on any atom is 0.211 e. The van der Waals surface area contributed by atoms with Gasteiger partial charge in [-0.05, 0) is 19.9 Å². The zero-order valence-corrected chi connectivity index (χ0v) is 10.2. The molecule has 1 unspecified atom stereocenters. The summed E-state index contributed by atoms with van der Waals surface area (Å²) in [4.78, 5) is 4.07. The number of hydrogen-bond acceptors (Lipinski definition) is 3. The van der Waals surface area contributed by atoms with E-state index in [1.165, 1.54) is 6.07 Å². The first-order chi connectivity index (χ1) is 8.58. The van der Waals surface area contributed by atoms with Crippen LogP contribution in [-0.2, 0) is 6.54 Å². The van der Waals surface area contributed by atoms with Gasteiger partial charge in [-0.1, -0.05) is 12.1 Å². The summed E-state index contributed by atoms with van der Waals surface area (Å²) in [5, 5.41) is 3.03. The van der Waals surface area contributed by atoms with Crippen molar-refractivity contribution < 1.29 is 13.2 Å². The average Bonchev–Trinajstić information content (AvgIpc) is 2.77. The van der Waals surface area contributed by atoms with E-state index in [0.29, 0.717) is 5.89 Å². The predicted molar refractivity (Wildman–Crippen MR) is 62.9 cm³/mol. The third-order valence-corrected chi connectivity index (χ3v) is 2.64. The molecule has 0 spiro atoms. The Hall–Kier alpha value is -1.75. The molecule has 0 saturated heterocycles. The molecule has 0 aliphatic carbocycles. The number of benzene rings is 1. The van der Waals surface area contributed by atoms with E-state index in [2.05, 4.69) is 10.3 Å². The largest absolute Gasteiger partial charge is 0.444 e. The molecule has 18 heavy (non-hydrogen) atoms. The molecule has 3 nitrogen and oxygen atoms in total. The van der Waals surface area contributed by atoms with Crippen molar-refractivity contribution in [1.82, 2.24) is 10.3 Å². The van der Waals surface area contributed by atoms with E-state index in [-0.39, 0.29) is 18.2 Å². The predicted octanol–water partition coefficient (Wildman–Crippen LogP) is 3.11. The molecule has 1 atom stereocenters. The van der Waals surface area contributed by atoms with Crippen molar-refractivity contribution in [2.45, 2.75) is 26.4 Å². The third-order valence-electron chi connectivity index (χ3n) is 2.64. The van der Waals surface area contributed by atoms with Gasteiger partial charge in [0.2, 0.25) is 5.89 Å². The SMILES string of the molecule is Cc1cnc(C(C)NCc2cccc(F)c2F)o1. The molecule has 0 amide bonds. The van der Waals surface area contributed by atoms with Gasteiger partial charge < -0.3 is 9.73 Å². The van der Waals surface area contributed by atoms with Crippen LogP contribution in [0.25, 0.3) is 0 Å². The zero-order chi connectivity index (χ0) is 13.1. The summed E-state index contributed by atoms with van der Waals surface area (Å²) in [6.07, 6.45) is 1.62. The highest BCUT2D eigenvalue weighted by atomic mass is 19.2. The lowest BCUT2D eigenvalue weighted by Gasteiger charge is -2.11. The van der Waals surface area contributed by atoms with Gasteiger partial charge in [0.05, 0.1) is 12.2 Å². The van der Waals surface area contributed by atoms with Crippen molar-refractivity contribution in [2.24, 2.45) is 0 Å². The molecule has 0 bridgehead atoms. The topological polar surface area (TPSA) is 38.1 Å².